The van der Waals surface area contributed by atoms with Gasteiger partial charge in [-0.15, -0.1) is 0 Å². The van der Waals surface area contributed by atoms with Crippen molar-refractivity contribution in [2.24, 2.45) is 34.5 Å². The van der Waals surface area contributed by atoms with E-state index in [1.807, 2.05) is 13.8 Å². The van der Waals surface area contributed by atoms with Crippen LogP contribution in [-0.2, 0) is 0 Å². The molecule has 6 unspecified atom stereocenters. The molecule has 4 rings (SSSR count). The highest BCUT2D eigenvalue weighted by Gasteiger charge is 2.56. The van der Waals surface area contributed by atoms with Crippen molar-refractivity contribution >= 4 is 0 Å². The monoisotopic (exact) mass is 358 g/mol. The Morgan fingerprint density at radius 3 is 2.46 bits per heavy atom. The van der Waals surface area contributed by atoms with Gasteiger partial charge >= 0.3 is 0 Å². The lowest BCUT2D eigenvalue weighted by atomic mass is 9.50. The maximum atomic E-state index is 10.1. The third-order valence-corrected chi connectivity index (χ3v) is 8.95. The topological polar surface area (TPSA) is 20.2 Å². The van der Waals surface area contributed by atoms with Crippen LogP contribution in [-0.4, -0.2) is 11.2 Å². The second-order valence-corrected chi connectivity index (χ2v) is 9.89. The molecule has 0 spiro atoms. The van der Waals surface area contributed by atoms with E-state index in [2.05, 4.69) is 39.8 Å². The molecular weight excluding hydrogens is 316 g/mol. The lowest BCUT2D eigenvalue weighted by Gasteiger charge is -2.55. The van der Waals surface area contributed by atoms with Crippen LogP contribution in [0.4, 0.5) is 0 Å². The molecule has 3 saturated carbocycles. The lowest BCUT2D eigenvalue weighted by Crippen LogP contribution is -2.46. The van der Waals surface area contributed by atoms with Gasteiger partial charge in [-0.05, 0) is 79.4 Å². The highest BCUT2D eigenvalue weighted by Crippen LogP contribution is 2.66. The minimum atomic E-state index is -0.102. The van der Waals surface area contributed by atoms with Crippen molar-refractivity contribution in [1.29, 1.82) is 0 Å². The predicted molar refractivity (Wildman–Crippen MR) is 112 cm³/mol. The van der Waals surface area contributed by atoms with Crippen molar-refractivity contribution in [2.45, 2.75) is 99.0 Å². The fourth-order valence-electron chi connectivity index (χ4n) is 7.24. The summed E-state index contributed by atoms with van der Waals surface area (Å²) in [4.78, 5) is 0. The van der Waals surface area contributed by atoms with Crippen LogP contribution in [0.1, 0.15) is 92.9 Å². The van der Waals surface area contributed by atoms with Crippen molar-refractivity contribution in [1.82, 2.24) is 0 Å². The van der Waals surface area contributed by atoms with Crippen LogP contribution in [0.3, 0.4) is 0 Å². The highest BCUT2D eigenvalue weighted by atomic mass is 16.3. The summed E-state index contributed by atoms with van der Waals surface area (Å²) in [5.41, 5.74) is 4.19. The van der Waals surface area contributed by atoms with Gasteiger partial charge in [0.15, 0.2) is 0 Å². The van der Waals surface area contributed by atoms with Gasteiger partial charge in [0, 0.05) is 0 Å². The molecule has 1 nitrogen and oxygen atoms in total. The average molecular weight is 359 g/mol. The summed E-state index contributed by atoms with van der Waals surface area (Å²) in [6.45, 7) is 14.0. The van der Waals surface area contributed by atoms with Gasteiger partial charge in [-0.25, -0.2) is 0 Å². The zero-order chi connectivity index (χ0) is 19.1. The maximum absolute atomic E-state index is 10.1. The first-order chi connectivity index (χ1) is 12.4. The molecule has 148 valence electrons. The van der Waals surface area contributed by atoms with Crippen molar-refractivity contribution < 1.29 is 5.11 Å². The molecule has 0 heterocycles. The van der Waals surface area contributed by atoms with E-state index in [0.29, 0.717) is 10.8 Å². The van der Waals surface area contributed by atoms with Gasteiger partial charge in [0.1, 0.15) is 0 Å². The molecule has 7 atom stereocenters. The number of aliphatic hydroxyl groups is 1. The Morgan fingerprint density at radius 2 is 1.77 bits per heavy atom. The zero-order valence-electron chi connectivity index (χ0n) is 18.1. The molecule has 3 fully saturated rings. The first-order valence-electron chi connectivity index (χ1n) is 11.5. The largest absolute Gasteiger partial charge is 0.393 e. The Hall–Kier alpha value is -0.560. The summed E-state index contributed by atoms with van der Waals surface area (Å²) in [6.07, 6.45) is 14.9. The molecule has 26 heavy (non-hydrogen) atoms. The highest BCUT2D eigenvalue weighted by molar-refractivity contribution is 5.38. The summed E-state index contributed by atoms with van der Waals surface area (Å²) in [7, 11) is 0. The Kier molecular flexibility index (Phi) is 5.79. The van der Waals surface area contributed by atoms with E-state index in [9.17, 15) is 5.11 Å². The number of rotatable bonds is 2. The van der Waals surface area contributed by atoms with Crippen LogP contribution in [0.5, 0.6) is 0 Å². The number of hydrogen-bond donors (Lipinski definition) is 1. The molecule has 1 heteroatoms. The summed E-state index contributed by atoms with van der Waals surface area (Å²) in [5, 5.41) is 10.1. The quantitative estimate of drug-likeness (QED) is 0.568. The minimum Gasteiger partial charge on any atom is -0.393 e. The molecule has 4 aliphatic carbocycles. The second kappa shape index (κ2) is 7.46. The SMILES string of the molecule is CC.CCC(C)C1CCC2C3=CC=C4C[C@@H](O)CCC4(C)C3CCC21C. The van der Waals surface area contributed by atoms with Crippen LogP contribution < -0.4 is 0 Å². The molecule has 0 amide bonds. The molecule has 0 aromatic carbocycles. The van der Waals surface area contributed by atoms with E-state index >= 15 is 0 Å². The molecule has 0 bridgehead atoms. The Labute approximate surface area is 162 Å². The Morgan fingerprint density at radius 1 is 1.04 bits per heavy atom. The average Bonchev–Trinajstić information content (AvgIpc) is 3.00. The minimum absolute atomic E-state index is 0.102. The van der Waals surface area contributed by atoms with Crippen LogP contribution in [0.2, 0.25) is 0 Å². The summed E-state index contributed by atoms with van der Waals surface area (Å²) < 4.78 is 0. The molecule has 0 aromatic heterocycles. The molecule has 1 N–H and O–H groups in total. The molecule has 0 aromatic rings. The van der Waals surface area contributed by atoms with E-state index in [-0.39, 0.29) is 6.10 Å². The van der Waals surface area contributed by atoms with Gasteiger partial charge in [-0.2, -0.15) is 0 Å². The van der Waals surface area contributed by atoms with Crippen molar-refractivity contribution in [3.8, 4) is 0 Å². The summed E-state index contributed by atoms with van der Waals surface area (Å²) in [5.74, 6) is 3.35. The van der Waals surface area contributed by atoms with Gasteiger partial charge in [0.05, 0.1) is 6.10 Å². The van der Waals surface area contributed by atoms with E-state index in [4.69, 9.17) is 0 Å². The van der Waals surface area contributed by atoms with E-state index in [1.54, 1.807) is 5.57 Å². The Balaban J connectivity index is 0.000000948. The van der Waals surface area contributed by atoms with Gasteiger partial charge < -0.3 is 5.11 Å². The fraction of sp³-hybridized carbons (Fsp3) is 0.840. The lowest BCUT2D eigenvalue weighted by molar-refractivity contribution is 0.0332. The Bertz CT molecular complexity index is 573. The first kappa shape index (κ1) is 20.2. The molecule has 0 radical (unpaired) electrons. The van der Waals surface area contributed by atoms with E-state index in [1.165, 1.54) is 44.1 Å². The van der Waals surface area contributed by atoms with Crippen LogP contribution in [0.25, 0.3) is 0 Å². The van der Waals surface area contributed by atoms with Gasteiger partial charge in [-0.1, -0.05) is 71.3 Å². The van der Waals surface area contributed by atoms with Crippen molar-refractivity contribution in [3.63, 3.8) is 0 Å². The number of hydrogen-bond acceptors (Lipinski definition) is 1. The normalized spacial score (nSPS) is 45.2. The van der Waals surface area contributed by atoms with E-state index in [0.717, 1.165) is 36.5 Å². The van der Waals surface area contributed by atoms with Gasteiger partial charge in [0.25, 0.3) is 0 Å². The third kappa shape index (κ3) is 2.93. The molecule has 4 aliphatic rings. The van der Waals surface area contributed by atoms with Crippen molar-refractivity contribution in [3.05, 3.63) is 23.3 Å². The summed E-state index contributed by atoms with van der Waals surface area (Å²) in [6, 6.07) is 0. The zero-order valence-corrected chi connectivity index (χ0v) is 18.1. The van der Waals surface area contributed by atoms with Gasteiger partial charge in [-0.3, -0.25) is 0 Å². The molecular formula is C25H42O. The predicted octanol–water partition coefficient (Wildman–Crippen LogP) is 6.92. The molecule has 0 saturated heterocycles. The number of allylic oxidation sites excluding steroid dienone is 3. The smallest absolute Gasteiger partial charge is 0.0578 e. The fourth-order valence-corrected chi connectivity index (χ4v) is 7.24. The third-order valence-electron chi connectivity index (χ3n) is 8.95. The van der Waals surface area contributed by atoms with Gasteiger partial charge in [0.2, 0.25) is 0 Å². The maximum Gasteiger partial charge on any atom is 0.0578 e. The standard InChI is InChI=1S/C23H36O.C2H6/c1-5-15(2)19-8-9-20-18-7-6-16-14-17(24)10-12-22(16,3)21(18)11-13-23(19,20)4;1-2/h6-7,15,17,19-21,24H,5,8-14H2,1-4H3;1-2H3/t15?,17-,19?,20?,21?,22?,23?;/m0./s1. The van der Waals surface area contributed by atoms with Crippen molar-refractivity contribution in [2.75, 3.05) is 0 Å². The summed E-state index contributed by atoms with van der Waals surface area (Å²) >= 11 is 0. The van der Waals surface area contributed by atoms with Crippen LogP contribution in [0, 0.1) is 34.5 Å². The van der Waals surface area contributed by atoms with Crippen LogP contribution >= 0.6 is 0 Å². The first-order valence-corrected chi connectivity index (χ1v) is 11.5. The second-order valence-electron chi connectivity index (χ2n) is 9.89. The van der Waals surface area contributed by atoms with E-state index < -0.39 is 0 Å². The van der Waals surface area contributed by atoms with Crippen LogP contribution in [0.15, 0.2) is 23.3 Å². The molecule has 0 aliphatic heterocycles. The number of fused-ring (bicyclic) bond motifs is 5. The number of aliphatic hydroxyl groups excluding tert-OH is 1.